The molecule has 0 aliphatic carbocycles. The topological polar surface area (TPSA) is 32.1 Å². The van der Waals surface area contributed by atoms with Crippen molar-refractivity contribution in [1.82, 2.24) is 10.2 Å². The minimum Gasteiger partial charge on any atom is -0.353 e. The summed E-state index contributed by atoms with van der Waals surface area (Å²) in [4.78, 5) is 13.7. The van der Waals surface area contributed by atoms with Gasteiger partial charge in [0, 0.05) is 13.1 Å². The molecule has 2 saturated heterocycles. The Hall–Kier alpha value is -1.35. The highest BCUT2D eigenvalue weighted by molar-refractivity contribution is 5.87. The molecule has 0 radical (unpaired) electrons. The number of benzene rings is 1. The monoisotopic (exact) mass is 188 g/mol. The Labute approximate surface area is 82.7 Å². The minimum absolute atomic E-state index is 0.103. The number of amides is 1. The lowest BCUT2D eigenvalue weighted by atomic mass is 10.1. The van der Waals surface area contributed by atoms with Crippen LogP contribution < -0.4 is 5.32 Å². The van der Waals surface area contributed by atoms with Crippen LogP contribution in [-0.2, 0) is 4.79 Å². The molecule has 3 heteroatoms. The van der Waals surface area contributed by atoms with Crippen molar-refractivity contribution in [3.05, 3.63) is 35.9 Å². The minimum atomic E-state index is 0.103. The van der Waals surface area contributed by atoms with Gasteiger partial charge in [-0.3, -0.25) is 9.69 Å². The predicted octanol–water partition coefficient (Wildman–Crippen LogP) is 0.542. The van der Waals surface area contributed by atoms with Gasteiger partial charge in [-0.15, -0.1) is 0 Å². The van der Waals surface area contributed by atoms with E-state index in [2.05, 4.69) is 22.3 Å². The molecule has 2 heterocycles. The van der Waals surface area contributed by atoms with E-state index in [4.69, 9.17) is 0 Å². The smallest absolute Gasteiger partial charge is 0.239 e. The average Bonchev–Trinajstić information content (AvgIpc) is 2.95. The number of carbonyl (C=O) groups excluding carboxylic acids is 1. The molecule has 2 aliphatic rings. The Morgan fingerprint density at radius 1 is 1.21 bits per heavy atom. The van der Waals surface area contributed by atoms with E-state index in [1.54, 1.807) is 0 Å². The number of piperazine rings is 1. The third kappa shape index (κ3) is 1.06. The SMILES string of the molecule is O=C1NCCN2[C@@H]1[C@@H]2c1ccccc1. The third-order valence-corrected chi connectivity index (χ3v) is 3.00. The van der Waals surface area contributed by atoms with Crippen molar-refractivity contribution < 1.29 is 4.79 Å². The van der Waals surface area contributed by atoms with Gasteiger partial charge in [0.05, 0.1) is 6.04 Å². The largest absolute Gasteiger partial charge is 0.353 e. The Balaban J connectivity index is 1.87. The summed E-state index contributed by atoms with van der Waals surface area (Å²) >= 11 is 0. The highest BCUT2D eigenvalue weighted by Gasteiger charge is 2.54. The molecule has 1 amide bonds. The van der Waals surface area contributed by atoms with Crippen LogP contribution in [0.2, 0.25) is 0 Å². The fourth-order valence-electron chi connectivity index (χ4n) is 2.28. The molecule has 1 unspecified atom stereocenters. The number of hydrogen-bond donors (Lipinski definition) is 1. The lowest BCUT2D eigenvalue weighted by Gasteiger charge is -2.10. The lowest BCUT2D eigenvalue weighted by molar-refractivity contribution is -0.122. The zero-order valence-electron chi connectivity index (χ0n) is 7.81. The van der Waals surface area contributed by atoms with E-state index in [0.717, 1.165) is 13.1 Å². The quantitative estimate of drug-likeness (QED) is 0.652. The lowest BCUT2D eigenvalue weighted by Crippen LogP contribution is -2.38. The zero-order chi connectivity index (χ0) is 9.54. The van der Waals surface area contributed by atoms with Crippen molar-refractivity contribution in [2.75, 3.05) is 13.1 Å². The van der Waals surface area contributed by atoms with Crippen LogP contribution in [0.4, 0.5) is 0 Å². The number of carbonyl (C=O) groups is 1. The Morgan fingerprint density at radius 3 is 2.71 bits per heavy atom. The summed E-state index contributed by atoms with van der Waals surface area (Å²) in [7, 11) is 0. The maximum absolute atomic E-state index is 11.5. The summed E-state index contributed by atoms with van der Waals surface area (Å²) in [6.45, 7) is 1.77. The standard InChI is InChI=1S/C11H12N2O/c14-11-10-9(13(10)7-6-12-11)8-4-2-1-3-5-8/h1-5,9-10H,6-7H2,(H,12,14)/t9-,10+,13?/m0/s1. The molecule has 72 valence electrons. The van der Waals surface area contributed by atoms with E-state index in [0.29, 0.717) is 6.04 Å². The van der Waals surface area contributed by atoms with Crippen LogP contribution in [0, 0.1) is 0 Å². The van der Waals surface area contributed by atoms with E-state index in [9.17, 15) is 4.79 Å². The van der Waals surface area contributed by atoms with Crippen molar-refractivity contribution in [3.63, 3.8) is 0 Å². The van der Waals surface area contributed by atoms with Crippen LogP contribution in [-0.4, -0.2) is 29.9 Å². The van der Waals surface area contributed by atoms with E-state index in [1.165, 1.54) is 5.56 Å². The molecule has 14 heavy (non-hydrogen) atoms. The molecule has 1 aromatic rings. The molecule has 0 bridgehead atoms. The molecule has 1 aromatic carbocycles. The van der Waals surface area contributed by atoms with Crippen LogP contribution >= 0.6 is 0 Å². The van der Waals surface area contributed by atoms with Gasteiger partial charge in [-0.25, -0.2) is 0 Å². The van der Waals surface area contributed by atoms with Crippen molar-refractivity contribution >= 4 is 5.91 Å². The number of hydrogen-bond acceptors (Lipinski definition) is 2. The van der Waals surface area contributed by atoms with Gasteiger partial charge < -0.3 is 5.32 Å². The van der Waals surface area contributed by atoms with E-state index >= 15 is 0 Å². The fourth-order valence-corrected chi connectivity index (χ4v) is 2.28. The van der Waals surface area contributed by atoms with Crippen molar-refractivity contribution in [2.45, 2.75) is 12.1 Å². The number of rotatable bonds is 1. The highest BCUT2D eigenvalue weighted by atomic mass is 16.2. The zero-order valence-corrected chi connectivity index (χ0v) is 7.81. The molecule has 0 saturated carbocycles. The van der Waals surface area contributed by atoms with Crippen molar-refractivity contribution in [1.29, 1.82) is 0 Å². The van der Waals surface area contributed by atoms with Crippen LogP contribution in [0.5, 0.6) is 0 Å². The predicted molar refractivity (Wildman–Crippen MR) is 52.7 cm³/mol. The fraction of sp³-hybridized carbons (Fsp3) is 0.364. The first-order valence-corrected chi connectivity index (χ1v) is 4.96. The molecule has 1 N–H and O–H groups in total. The van der Waals surface area contributed by atoms with Crippen molar-refractivity contribution in [2.24, 2.45) is 0 Å². The molecule has 2 aliphatic heterocycles. The molecule has 2 fully saturated rings. The molecule has 0 aromatic heterocycles. The Morgan fingerprint density at radius 2 is 2.00 bits per heavy atom. The van der Waals surface area contributed by atoms with E-state index in [1.807, 2.05) is 18.2 Å². The van der Waals surface area contributed by atoms with Crippen LogP contribution in [0.1, 0.15) is 11.6 Å². The number of nitrogens with zero attached hydrogens (tertiary/aromatic N) is 1. The van der Waals surface area contributed by atoms with Crippen LogP contribution in [0.25, 0.3) is 0 Å². The van der Waals surface area contributed by atoms with Crippen LogP contribution in [0.3, 0.4) is 0 Å². The molecular weight excluding hydrogens is 176 g/mol. The Bertz CT molecular complexity index is 363. The third-order valence-electron chi connectivity index (χ3n) is 3.00. The summed E-state index contributed by atoms with van der Waals surface area (Å²) in [5.74, 6) is 0.185. The number of nitrogens with one attached hydrogen (secondary N) is 1. The van der Waals surface area contributed by atoms with Gasteiger partial charge in [-0.05, 0) is 5.56 Å². The van der Waals surface area contributed by atoms with Crippen LogP contribution in [0.15, 0.2) is 30.3 Å². The summed E-state index contributed by atoms with van der Waals surface area (Å²) in [5.41, 5.74) is 1.26. The first kappa shape index (κ1) is 8.00. The van der Waals surface area contributed by atoms with Gasteiger partial charge in [-0.1, -0.05) is 30.3 Å². The summed E-state index contributed by atoms with van der Waals surface area (Å²) < 4.78 is 0. The van der Waals surface area contributed by atoms with E-state index in [-0.39, 0.29) is 11.9 Å². The Kier molecular flexibility index (Phi) is 1.61. The maximum atomic E-state index is 11.5. The van der Waals surface area contributed by atoms with Gasteiger partial charge in [0.2, 0.25) is 5.91 Å². The first-order valence-electron chi connectivity index (χ1n) is 4.96. The average molecular weight is 188 g/mol. The number of fused-ring (bicyclic) bond motifs is 1. The second kappa shape index (κ2) is 2.82. The molecule has 0 spiro atoms. The first-order chi connectivity index (χ1) is 6.88. The highest BCUT2D eigenvalue weighted by Crippen LogP contribution is 2.43. The second-order valence-corrected chi connectivity index (χ2v) is 3.83. The summed E-state index contributed by atoms with van der Waals surface area (Å²) in [5, 5.41) is 2.89. The molecular formula is C11H12N2O. The van der Waals surface area contributed by atoms with E-state index < -0.39 is 0 Å². The maximum Gasteiger partial charge on any atom is 0.239 e. The van der Waals surface area contributed by atoms with Gasteiger partial charge >= 0.3 is 0 Å². The normalized spacial score (nSPS) is 34.6. The van der Waals surface area contributed by atoms with Gasteiger partial charge in [0.1, 0.15) is 6.04 Å². The van der Waals surface area contributed by atoms with Gasteiger partial charge in [0.15, 0.2) is 0 Å². The molecule has 3 nitrogen and oxygen atoms in total. The molecule has 3 rings (SSSR count). The second-order valence-electron chi connectivity index (χ2n) is 3.83. The summed E-state index contributed by atoms with van der Waals surface area (Å²) in [6, 6.07) is 10.7. The van der Waals surface area contributed by atoms with Gasteiger partial charge in [-0.2, -0.15) is 0 Å². The molecule has 3 atom stereocenters. The van der Waals surface area contributed by atoms with Gasteiger partial charge in [0.25, 0.3) is 0 Å². The van der Waals surface area contributed by atoms with Crippen molar-refractivity contribution in [3.8, 4) is 0 Å². The summed E-state index contributed by atoms with van der Waals surface area (Å²) in [6.07, 6.45) is 0.